The predicted octanol–water partition coefficient (Wildman–Crippen LogP) is 5.79. The van der Waals surface area contributed by atoms with Crippen molar-refractivity contribution in [1.82, 2.24) is 4.98 Å². The lowest BCUT2D eigenvalue weighted by Crippen LogP contribution is -2.20. The van der Waals surface area contributed by atoms with Gasteiger partial charge in [-0.1, -0.05) is 48.5 Å². The molecule has 4 nitrogen and oxygen atoms in total. The van der Waals surface area contributed by atoms with Crippen LogP contribution in [0.15, 0.2) is 84.9 Å². The van der Waals surface area contributed by atoms with E-state index in [0.29, 0.717) is 11.5 Å². The average molecular weight is 408 g/mol. The highest BCUT2D eigenvalue weighted by Gasteiger charge is 2.25. The Balaban J connectivity index is 1.45. The summed E-state index contributed by atoms with van der Waals surface area (Å²) in [5.74, 6) is 0.428. The number of aryl methyl sites for hydroxylation is 1. The first-order chi connectivity index (χ1) is 15.2. The van der Waals surface area contributed by atoms with Gasteiger partial charge in [0.25, 0.3) is 5.91 Å². The number of nitrogens with zero attached hydrogens (tertiary/aromatic N) is 2. The number of carbonyl (C=O) groups excluding carboxylic acids is 1. The van der Waals surface area contributed by atoms with Crippen molar-refractivity contribution in [3.63, 3.8) is 0 Å². The number of aromatic nitrogens is 1. The zero-order valence-corrected chi connectivity index (χ0v) is 17.6. The van der Waals surface area contributed by atoms with Crippen molar-refractivity contribution in [1.29, 1.82) is 0 Å². The van der Waals surface area contributed by atoms with Gasteiger partial charge in [0.05, 0.1) is 5.52 Å². The molecular formula is C27H25N3O. The van der Waals surface area contributed by atoms with Gasteiger partial charge >= 0.3 is 0 Å². The molecule has 5 rings (SSSR count). The molecule has 1 aromatic heterocycles. The number of nitrogens with one attached hydrogen (secondary N) is 1. The lowest BCUT2D eigenvalue weighted by atomic mass is 9.99. The molecular weight excluding hydrogens is 382 g/mol. The van der Waals surface area contributed by atoms with Gasteiger partial charge in [-0.2, -0.15) is 0 Å². The van der Waals surface area contributed by atoms with Crippen molar-refractivity contribution in [3.8, 4) is 0 Å². The summed E-state index contributed by atoms with van der Waals surface area (Å²) >= 11 is 0. The number of rotatable bonds is 4. The summed E-state index contributed by atoms with van der Waals surface area (Å²) < 4.78 is 0. The highest BCUT2D eigenvalue weighted by Crippen LogP contribution is 2.35. The molecule has 1 aliphatic rings. The smallest absolute Gasteiger partial charge is 0.255 e. The first-order valence-electron chi connectivity index (χ1n) is 10.7. The van der Waals surface area contributed by atoms with Gasteiger partial charge in [0.1, 0.15) is 0 Å². The molecule has 1 amide bonds. The van der Waals surface area contributed by atoms with Crippen molar-refractivity contribution >= 4 is 28.2 Å². The molecule has 4 heteroatoms. The van der Waals surface area contributed by atoms with Crippen molar-refractivity contribution in [2.75, 3.05) is 23.3 Å². The van der Waals surface area contributed by atoms with Crippen LogP contribution in [-0.4, -0.2) is 24.0 Å². The van der Waals surface area contributed by atoms with Crippen molar-refractivity contribution < 1.29 is 4.79 Å². The van der Waals surface area contributed by atoms with E-state index in [0.717, 1.165) is 41.8 Å². The Bertz CT molecular complexity index is 1220. The van der Waals surface area contributed by atoms with Crippen LogP contribution in [0.4, 0.5) is 11.4 Å². The lowest BCUT2D eigenvalue weighted by Gasteiger charge is -2.22. The molecule has 2 heterocycles. The molecule has 3 aromatic carbocycles. The highest BCUT2D eigenvalue weighted by atomic mass is 16.1. The maximum Gasteiger partial charge on any atom is 0.255 e. The molecule has 0 saturated carbocycles. The summed E-state index contributed by atoms with van der Waals surface area (Å²) in [6.45, 7) is 4.04. The molecule has 4 aromatic rings. The molecule has 0 spiro atoms. The van der Waals surface area contributed by atoms with Gasteiger partial charge in [-0.05, 0) is 55.3 Å². The summed E-state index contributed by atoms with van der Waals surface area (Å²) in [7, 11) is 0. The van der Waals surface area contributed by atoms with Gasteiger partial charge in [0.15, 0.2) is 0 Å². The van der Waals surface area contributed by atoms with E-state index < -0.39 is 0 Å². The lowest BCUT2D eigenvalue weighted by molar-refractivity contribution is 0.102. The van der Waals surface area contributed by atoms with Gasteiger partial charge < -0.3 is 10.2 Å². The maximum absolute atomic E-state index is 12.6. The molecule has 31 heavy (non-hydrogen) atoms. The normalized spacial score (nSPS) is 15.9. The Kier molecular flexibility index (Phi) is 5.13. The number of carbonyl (C=O) groups is 1. The van der Waals surface area contributed by atoms with E-state index in [9.17, 15) is 4.79 Å². The third-order valence-corrected chi connectivity index (χ3v) is 6.01. The molecule has 154 valence electrons. The number of hydrogen-bond donors (Lipinski definition) is 1. The van der Waals surface area contributed by atoms with Gasteiger partial charge in [0.2, 0.25) is 0 Å². The van der Waals surface area contributed by atoms with Gasteiger partial charge in [0, 0.05) is 47.0 Å². The number of benzene rings is 3. The summed E-state index contributed by atoms with van der Waals surface area (Å²) in [5, 5.41) is 4.11. The molecule has 0 aliphatic carbocycles. The Hall–Kier alpha value is -3.66. The van der Waals surface area contributed by atoms with Crippen LogP contribution < -0.4 is 10.2 Å². The van der Waals surface area contributed by atoms with E-state index in [1.54, 1.807) is 0 Å². The largest absolute Gasteiger partial charge is 0.370 e. The first-order valence-corrected chi connectivity index (χ1v) is 10.7. The summed E-state index contributed by atoms with van der Waals surface area (Å²) in [6, 6.07) is 28.2. The van der Waals surface area contributed by atoms with E-state index in [1.165, 1.54) is 11.3 Å². The minimum atomic E-state index is -0.105. The fourth-order valence-corrected chi connectivity index (χ4v) is 4.45. The van der Waals surface area contributed by atoms with E-state index >= 15 is 0 Å². The van der Waals surface area contributed by atoms with Crippen LogP contribution >= 0.6 is 0 Å². The van der Waals surface area contributed by atoms with Crippen LogP contribution in [0.5, 0.6) is 0 Å². The second kappa shape index (κ2) is 8.23. The number of pyridine rings is 1. The molecule has 1 unspecified atom stereocenters. The molecule has 1 atom stereocenters. The summed E-state index contributed by atoms with van der Waals surface area (Å²) in [5.41, 5.74) is 5.98. The number of anilines is 2. The van der Waals surface area contributed by atoms with Gasteiger partial charge in [-0.15, -0.1) is 0 Å². The van der Waals surface area contributed by atoms with Crippen LogP contribution in [0.1, 0.15) is 34.0 Å². The Morgan fingerprint density at radius 3 is 2.48 bits per heavy atom. The summed E-state index contributed by atoms with van der Waals surface area (Å²) in [4.78, 5) is 19.8. The minimum Gasteiger partial charge on any atom is -0.370 e. The molecule has 1 N–H and O–H groups in total. The Morgan fingerprint density at radius 1 is 0.968 bits per heavy atom. The van der Waals surface area contributed by atoms with E-state index in [-0.39, 0.29) is 5.91 Å². The van der Waals surface area contributed by atoms with Crippen molar-refractivity contribution in [2.24, 2.45) is 0 Å². The van der Waals surface area contributed by atoms with Gasteiger partial charge in [-0.25, -0.2) is 0 Å². The number of amides is 1. The minimum absolute atomic E-state index is 0.105. The van der Waals surface area contributed by atoms with Crippen LogP contribution in [0.25, 0.3) is 10.9 Å². The zero-order valence-electron chi connectivity index (χ0n) is 17.6. The number of fused-ring (bicyclic) bond motifs is 1. The standard InChI is InChI=1S/C27H25N3O/c1-19-16-26(30-15-14-22(18-30)20-8-4-2-5-9-20)24-17-23(12-13-25(24)28-19)29-27(31)21-10-6-3-7-11-21/h2-13,16-17,22H,14-15,18H2,1H3,(H,29,31). The average Bonchev–Trinajstić information content (AvgIpc) is 3.30. The third kappa shape index (κ3) is 4.02. The van der Waals surface area contributed by atoms with Crippen molar-refractivity contribution in [3.05, 3.63) is 102 Å². The van der Waals surface area contributed by atoms with Crippen LogP contribution in [0.2, 0.25) is 0 Å². The zero-order chi connectivity index (χ0) is 21.2. The third-order valence-electron chi connectivity index (χ3n) is 6.01. The molecule has 1 saturated heterocycles. The fourth-order valence-electron chi connectivity index (χ4n) is 4.45. The first kappa shape index (κ1) is 19.3. The van der Waals surface area contributed by atoms with E-state index in [1.807, 2.05) is 55.5 Å². The fraction of sp³-hybridized carbons (Fsp3) is 0.185. The highest BCUT2D eigenvalue weighted by molar-refractivity contribution is 6.05. The predicted molar refractivity (Wildman–Crippen MR) is 127 cm³/mol. The number of hydrogen-bond acceptors (Lipinski definition) is 3. The van der Waals surface area contributed by atoms with Crippen LogP contribution in [0.3, 0.4) is 0 Å². The van der Waals surface area contributed by atoms with Crippen LogP contribution in [0, 0.1) is 6.92 Å². The summed E-state index contributed by atoms with van der Waals surface area (Å²) in [6.07, 6.45) is 1.14. The Morgan fingerprint density at radius 2 is 1.71 bits per heavy atom. The SMILES string of the molecule is Cc1cc(N2CCC(c3ccccc3)C2)c2cc(NC(=O)c3ccccc3)ccc2n1. The maximum atomic E-state index is 12.6. The monoisotopic (exact) mass is 407 g/mol. The Labute approximate surface area is 182 Å². The molecule has 1 fully saturated rings. The molecule has 1 aliphatic heterocycles. The van der Waals surface area contributed by atoms with E-state index in [4.69, 9.17) is 4.98 Å². The molecule has 0 bridgehead atoms. The van der Waals surface area contributed by atoms with Crippen LogP contribution in [-0.2, 0) is 0 Å². The molecule has 0 radical (unpaired) electrons. The second-order valence-corrected chi connectivity index (χ2v) is 8.18. The second-order valence-electron chi connectivity index (χ2n) is 8.18. The van der Waals surface area contributed by atoms with Gasteiger partial charge in [-0.3, -0.25) is 9.78 Å². The quantitative estimate of drug-likeness (QED) is 0.466. The van der Waals surface area contributed by atoms with Crippen molar-refractivity contribution in [2.45, 2.75) is 19.3 Å². The topological polar surface area (TPSA) is 45.2 Å². The van der Waals surface area contributed by atoms with E-state index in [2.05, 4.69) is 46.6 Å².